The minimum absolute atomic E-state index is 0.00411. The zero-order chi connectivity index (χ0) is 40.2. The van der Waals surface area contributed by atoms with Crippen LogP contribution >= 0.6 is 0 Å². The van der Waals surface area contributed by atoms with Crippen molar-refractivity contribution in [2.24, 2.45) is 5.14 Å². The normalized spacial score (nSPS) is 16.1. The maximum Gasteiger partial charge on any atom is 0.251 e. The highest BCUT2D eigenvalue weighted by Gasteiger charge is 2.31. The van der Waals surface area contributed by atoms with Gasteiger partial charge in [0, 0.05) is 56.8 Å². The van der Waals surface area contributed by atoms with Crippen LogP contribution < -0.4 is 44.8 Å². The van der Waals surface area contributed by atoms with Crippen LogP contribution in [0.3, 0.4) is 0 Å². The van der Waals surface area contributed by atoms with Crippen molar-refractivity contribution in [3.8, 4) is 28.7 Å². The maximum atomic E-state index is 12.5. The summed E-state index contributed by atoms with van der Waals surface area (Å²) in [7, 11) is 0.731. The Labute approximate surface area is 328 Å². The van der Waals surface area contributed by atoms with Crippen molar-refractivity contribution in [3.05, 3.63) is 60.2 Å². The van der Waals surface area contributed by atoms with Gasteiger partial charge in [-0.05, 0) is 69.0 Å². The minimum Gasteiger partial charge on any atom is -0.495 e. The number of nitrogens with zero attached hydrogens (tertiary/aromatic N) is 4. The van der Waals surface area contributed by atoms with Crippen LogP contribution in [0, 0.1) is 0 Å². The Hall–Kier alpha value is -5.10. The van der Waals surface area contributed by atoms with E-state index >= 15 is 0 Å². The Morgan fingerprint density at radius 2 is 1.61 bits per heavy atom. The number of nitrogens with one attached hydrogen (secondary N) is 1. The molecule has 16 nitrogen and oxygen atoms in total. The van der Waals surface area contributed by atoms with E-state index in [9.17, 15) is 13.2 Å². The van der Waals surface area contributed by atoms with E-state index in [1.165, 1.54) is 7.11 Å². The molecular weight excluding hydrogens is 743 g/mol. The van der Waals surface area contributed by atoms with E-state index in [1.807, 2.05) is 54.0 Å². The van der Waals surface area contributed by atoms with Crippen molar-refractivity contribution in [1.82, 2.24) is 20.2 Å². The summed E-state index contributed by atoms with van der Waals surface area (Å²) in [5, 5.41) is 9.35. The minimum atomic E-state index is -3.84. The highest BCUT2D eigenvalue weighted by atomic mass is 32.2. The summed E-state index contributed by atoms with van der Waals surface area (Å²) in [5.74, 6) is 3.89. The van der Waals surface area contributed by atoms with Gasteiger partial charge in [-0.15, -0.1) is 0 Å². The number of hydrogen-bond acceptors (Lipinski definition) is 14. The molecule has 1 aromatic heterocycles. The van der Waals surface area contributed by atoms with Gasteiger partial charge in [-0.1, -0.05) is 18.2 Å². The second-order valence-corrected chi connectivity index (χ2v) is 14.8. The van der Waals surface area contributed by atoms with E-state index in [0.29, 0.717) is 98.9 Å². The number of anilines is 2. The number of carbonyl (C=O) groups excluding carboxylic acids is 1. The van der Waals surface area contributed by atoms with Crippen LogP contribution in [0.2, 0.25) is 0 Å². The zero-order valence-corrected chi connectivity index (χ0v) is 33.5. The van der Waals surface area contributed by atoms with Gasteiger partial charge in [-0.2, -0.15) is 4.98 Å². The number of aromatic nitrogens is 2. The second kappa shape index (κ2) is 19.7. The van der Waals surface area contributed by atoms with Gasteiger partial charge in [0.1, 0.15) is 29.2 Å². The summed E-state index contributed by atoms with van der Waals surface area (Å²) in [6, 6.07) is 16.3. The first kappa shape index (κ1) is 42.1. The highest BCUT2D eigenvalue weighted by Crippen LogP contribution is 2.34. The lowest BCUT2D eigenvalue weighted by atomic mass is 10.1. The maximum absolute atomic E-state index is 12.5. The lowest BCUT2D eigenvalue weighted by Gasteiger charge is -2.35. The number of hydrogen-bond donors (Lipinski definition) is 3. The standard InChI is InChI=1S/C20H28N2O5S.C19H25N5O4/c1-4-26-17-7-5-6-8-18(17)27-12-11-22-15(2)13-16-9-10-19(25-3)20(14-16)28(21,23)24;1-26-15-10-12-13(11-16(15)27-2)21-19(22-17(12)20)24-7-5-23(6-8-24)18(25)14-4-3-9-28-14/h5-10,14-15,22H,4,11-13H2,1-3H3,(H2,21,23,24);10-11,14H,3-9H2,1-2H3,(H2,20,21,22)/t15-;/m1./s1. The molecule has 3 aromatic carbocycles. The molecule has 2 fully saturated rings. The third-order valence-corrected chi connectivity index (χ3v) is 10.3. The van der Waals surface area contributed by atoms with Gasteiger partial charge in [0.05, 0.1) is 33.5 Å². The Morgan fingerprint density at radius 3 is 2.23 bits per heavy atom. The van der Waals surface area contributed by atoms with E-state index in [1.54, 1.807) is 38.5 Å². The molecule has 4 aromatic rings. The van der Waals surface area contributed by atoms with Crippen LogP contribution in [0.25, 0.3) is 10.9 Å². The van der Waals surface area contributed by atoms with Crippen molar-refractivity contribution < 1.29 is 41.6 Å². The zero-order valence-electron chi connectivity index (χ0n) is 32.7. The van der Waals surface area contributed by atoms with Crippen LogP contribution in [0.5, 0.6) is 28.7 Å². The number of rotatable bonds is 15. The molecule has 3 heterocycles. The summed E-state index contributed by atoms with van der Waals surface area (Å²) in [4.78, 5) is 25.6. The molecule has 2 atom stereocenters. The number of para-hydroxylation sites is 2. The van der Waals surface area contributed by atoms with Crippen LogP contribution in [-0.4, -0.2) is 115 Å². The van der Waals surface area contributed by atoms with Gasteiger partial charge in [-0.25, -0.2) is 18.5 Å². The van der Waals surface area contributed by atoms with E-state index in [4.69, 9.17) is 39.3 Å². The summed E-state index contributed by atoms with van der Waals surface area (Å²) >= 11 is 0. The average Bonchev–Trinajstić information content (AvgIpc) is 3.75. The number of carbonyl (C=O) groups is 1. The van der Waals surface area contributed by atoms with Crippen molar-refractivity contribution >= 4 is 38.6 Å². The molecule has 2 aliphatic heterocycles. The number of sulfonamides is 1. The SMILES string of the molecule is CCOc1ccccc1OCCN[C@H](C)Cc1ccc(OC)c(S(N)(=O)=O)c1.COc1cc2nc(N3CCN(C(=O)C4CCCO4)CC3)nc(N)c2cc1OC. The number of primary sulfonamides is 1. The summed E-state index contributed by atoms with van der Waals surface area (Å²) < 4.78 is 56.1. The van der Waals surface area contributed by atoms with Gasteiger partial charge in [0.25, 0.3) is 5.91 Å². The first-order valence-corrected chi connectivity index (χ1v) is 20.1. The van der Waals surface area contributed by atoms with E-state index in [-0.39, 0.29) is 28.7 Å². The van der Waals surface area contributed by atoms with Crippen LogP contribution in [-0.2, 0) is 26.0 Å². The predicted molar refractivity (Wildman–Crippen MR) is 213 cm³/mol. The molecule has 5 N–H and O–H groups in total. The second-order valence-electron chi connectivity index (χ2n) is 13.3. The molecular formula is C39H53N7O9S. The van der Waals surface area contributed by atoms with Crippen molar-refractivity contribution in [1.29, 1.82) is 0 Å². The average molecular weight is 796 g/mol. The Bertz CT molecular complexity index is 2040. The van der Waals surface area contributed by atoms with Gasteiger partial charge in [0.15, 0.2) is 23.0 Å². The Morgan fingerprint density at radius 1 is 0.929 bits per heavy atom. The third-order valence-electron chi connectivity index (χ3n) is 9.38. The molecule has 0 saturated carbocycles. The van der Waals surface area contributed by atoms with Crippen LogP contribution in [0.4, 0.5) is 11.8 Å². The summed E-state index contributed by atoms with van der Waals surface area (Å²) in [5.41, 5.74) is 7.73. The number of nitrogen functional groups attached to an aromatic ring is 1. The largest absolute Gasteiger partial charge is 0.495 e. The van der Waals surface area contributed by atoms with Crippen molar-refractivity contribution in [2.45, 2.75) is 50.2 Å². The smallest absolute Gasteiger partial charge is 0.251 e. The van der Waals surface area contributed by atoms with Crippen LogP contribution in [0.1, 0.15) is 32.3 Å². The highest BCUT2D eigenvalue weighted by molar-refractivity contribution is 7.89. The third kappa shape index (κ3) is 10.8. The number of fused-ring (bicyclic) bond motifs is 1. The lowest BCUT2D eigenvalue weighted by Crippen LogP contribution is -2.51. The molecule has 6 rings (SSSR count). The van der Waals surface area contributed by atoms with Gasteiger partial charge >= 0.3 is 0 Å². The summed E-state index contributed by atoms with van der Waals surface area (Å²) in [6.07, 6.45) is 2.13. The lowest BCUT2D eigenvalue weighted by molar-refractivity contribution is -0.141. The quantitative estimate of drug-likeness (QED) is 0.148. The molecule has 0 bridgehead atoms. The van der Waals surface area contributed by atoms with E-state index in [2.05, 4.69) is 15.3 Å². The molecule has 2 aliphatic rings. The molecule has 0 aliphatic carbocycles. The van der Waals surface area contributed by atoms with Crippen molar-refractivity contribution in [3.63, 3.8) is 0 Å². The number of nitrogens with two attached hydrogens (primary N) is 2. The number of ether oxygens (including phenoxy) is 6. The van der Waals surface area contributed by atoms with Gasteiger partial charge in [-0.3, -0.25) is 4.79 Å². The molecule has 1 unspecified atom stereocenters. The first-order chi connectivity index (χ1) is 26.9. The van der Waals surface area contributed by atoms with Gasteiger partial charge < -0.3 is 49.3 Å². The fourth-order valence-corrected chi connectivity index (χ4v) is 7.26. The topological polar surface area (TPSA) is 203 Å². The molecule has 17 heteroatoms. The van der Waals surface area contributed by atoms with E-state index < -0.39 is 10.0 Å². The number of piperazine rings is 1. The van der Waals surface area contributed by atoms with Crippen LogP contribution in [0.15, 0.2) is 59.5 Å². The summed E-state index contributed by atoms with van der Waals surface area (Å²) in [6.45, 7) is 8.87. The number of benzene rings is 3. The fraction of sp³-hybridized carbons (Fsp3) is 0.462. The molecule has 0 radical (unpaired) electrons. The predicted octanol–water partition coefficient (Wildman–Crippen LogP) is 3.40. The molecule has 1 amide bonds. The molecule has 0 spiro atoms. The fourth-order valence-electron chi connectivity index (χ4n) is 6.52. The number of amides is 1. The number of methoxy groups -OCH3 is 3. The van der Waals surface area contributed by atoms with E-state index in [0.717, 1.165) is 24.2 Å². The van der Waals surface area contributed by atoms with Crippen molar-refractivity contribution in [2.75, 3.05) is 84.5 Å². The molecule has 2 saturated heterocycles. The first-order valence-electron chi connectivity index (χ1n) is 18.6. The monoisotopic (exact) mass is 795 g/mol. The Balaban J connectivity index is 0.000000214. The van der Waals surface area contributed by atoms with Gasteiger partial charge in [0.2, 0.25) is 16.0 Å². The molecule has 304 valence electrons. The molecule has 56 heavy (non-hydrogen) atoms. The Kier molecular flexibility index (Phi) is 14.8.